The van der Waals surface area contributed by atoms with E-state index in [4.69, 9.17) is 18.2 Å². The molecule has 15 nitrogen and oxygen atoms in total. The van der Waals surface area contributed by atoms with E-state index in [1.165, 1.54) is 0 Å². The fraction of sp³-hybridized carbons (Fsp3) is 0.511. The van der Waals surface area contributed by atoms with Crippen molar-refractivity contribution in [1.29, 1.82) is 0 Å². The number of rotatable bonds is 10. The number of amides is 5. The molecule has 1 atom stereocenters. The van der Waals surface area contributed by atoms with Crippen LogP contribution in [-0.2, 0) is 14.4 Å². The van der Waals surface area contributed by atoms with Gasteiger partial charge in [-0.3, -0.25) is 34.2 Å². The van der Waals surface area contributed by atoms with Crippen LogP contribution in [0.25, 0.3) is 4.85 Å². The highest BCUT2D eigenvalue weighted by Crippen LogP contribution is 2.34. The molecule has 1 aromatic heterocycles. The highest BCUT2D eigenvalue weighted by molar-refractivity contribution is 6.33. The maximum atomic E-state index is 13.4. The van der Waals surface area contributed by atoms with Gasteiger partial charge in [-0.1, -0.05) is 17.7 Å². The first kappa shape index (κ1) is 42.7. The van der Waals surface area contributed by atoms with Gasteiger partial charge in [0.2, 0.25) is 23.4 Å². The average Bonchev–Trinajstić information content (AvgIpc) is 3.55. The Hall–Kier alpha value is -5.56. The fourth-order valence-electron chi connectivity index (χ4n) is 10.3. The van der Waals surface area contributed by atoms with E-state index in [1.54, 1.807) is 18.2 Å². The molecule has 0 radical (unpaired) electrons. The average molecular weight is 875 g/mol. The van der Waals surface area contributed by atoms with Crippen LogP contribution in [0, 0.1) is 24.3 Å². The smallest absolute Gasteiger partial charge is 0.262 e. The summed E-state index contributed by atoms with van der Waals surface area (Å²) in [5.41, 5.74) is 4.10. The molecule has 16 heteroatoms. The SMILES string of the molecule is [C-]#[N+]c1ccc(N2CCC(C(=O)Nc3ccc(N4CCC(CN5CCN(CC6CCN(c7ccc8c(c7)C(=O)N(C7CCC(=O)NC7=O)C8=O)CC6)CC5)CC4)cn3)CC2)cc1Cl. The molecule has 6 aliphatic rings. The van der Waals surface area contributed by atoms with Crippen molar-refractivity contribution in [2.75, 3.05) is 98.6 Å². The summed E-state index contributed by atoms with van der Waals surface area (Å²) in [4.78, 5) is 85.0. The maximum absolute atomic E-state index is 13.4. The molecule has 2 N–H and O–H groups in total. The Balaban J connectivity index is 0.660. The van der Waals surface area contributed by atoms with Gasteiger partial charge in [-0.25, -0.2) is 9.83 Å². The molecule has 1 unspecified atom stereocenters. The molecule has 6 aliphatic heterocycles. The third-order valence-electron chi connectivity index (χ3n) is 14.2. The molecule has 9 rings (SSSR count). The van der Waals surface area contributed by atoms with Crippen LogP contribution in [0.3, 0.4) is 0 Å². The Morgan fingerprint density at radius 3 is 1.83 bits per heavy atom. The number of carbonyl (C=O) groups excluding carboxylic acids is 5. The van der Waals surface area contributed by atoms with Crippen molar-refractivity contribution in [3.8, 4) is 0 Å². The van der Waals surface area contributed by atoms with Crippen molar-refractivity contribution in [2.24, 2.45) is 17.8 Å². The minimum absolute atomic E-state index is 0.0104. The molecule has 5 saturated heterocycles. The Bertz CT molecular complexity index is 2270. The predicted octanol–water partition coefficient (Wildman–Crippen LogP) is 5.29. The van der Waals surface area contributed by atoms with Crippen molar-refractivity contribution < 1.29 is 24.0 Å². The molecular formula is C47H55ClN10O5. The molecule has 5 amide bonds. The number of fused-ring (bicyclic) bond motifs is 1. The number of imide groups is 2. The minimum atomic E-state index is -0.958. The lowest BCUT2D eigenvalue weighted by Crippen LogP contribution is -2.54. The number of nitrogens with zero attached hydrogens (tertiary/aromatic N) is 8. The lowest BCUT2D eigenvalue weighted by atomic mass is 9.94. The zero-order valence-electron chi connectivity index (χ0n) is 35.6. The van der Waals surface area contributed by atoms with Crippen molar-refractivity contribution in [3.63, 3.8) is 0 Å². The maximum Gasteiger partial charge on any atom is 0.262 e. The lowest BCUT2D eigenvalue weighted by Gasteiger charge is -2.41. The Labute approximate surface area is 373 Å². The molecule has 0 spiro atoms. The van der Waals surface area contributed by atoms with E-state index in [9.17, 15) is 24.0 Å². The summed E-state index contributed by atoms with van der Waals surface area (Å²) in [5.74, 6) is -0.0990. The second kappa shape index (κ2) is 18.7. The molecule has 63 heavy (non-hydrogen) atoms. The molecule has 330 valence electrons. The monoisotopic (exact) mass is 874 g/mol. The van der Waals surface area contributed by atoms with Crippen LogP contribution in [0.1, 0.15) is 72.1 Å². The van der Waals surface area contributed by atoms with Gasteiger partial charge in [-0.15, -0.1) is 0 Å². The van der Waals surface area contributed by atoms with Crippen molar-refractivity contribution in [2.45, 2.75) is 57.4 Å². The van der Waals surface area contributed by atoms with Crippen LogP contribution in [-0.4, -0.2) is 134 Å². The molecular weight excluding hydrogens is 820 g/mol. The van der Waals surface area contributed by atoms with Gasteiger partial charge in [0, 0.05) is 107 Å². The largest absolute Gasteiger partial charge is 0.372 e. The Morgan fingerprint density at radius 1 is 0.698 bits per heavy atom. The predicted molar refractivity (Wildman–Crippen MR) is 241 cm³/mol. The van der Waals surface area contributed by atoms with Crippen molar-refractivity contribution in [3.05, 3.63) is 82.3 Å². The van der Waals surface area contributed by atoms with Crippen molar-refractivity contribution >= 4 is 69.7 Å². The van der Waals surface area contributed by atoms with Gasteiger partial charge in [0.05, 0.1) is 29.6 Å². The molecule has 3 aromatic rings. The molecule has 5 fully saturated rings. The number of hydrogen-bond donors (Lipinski definition) is 2. The van der Waals surface area contributed by atoms with Gasteiger partial charge in [-0.05, 0) is 99.2 Å². The van der Waals surface area contributed by atoms with E-state index in [-0.39, 0.29) is 30.6 Å². The third-order valence-corrected chi connectivity index (χ3v) is 14.5. The van der Waals surface area contributed by atoms with Crippen molar-refractivity contribution in [1.82, 2.24) is 25.0 Å². The van der Waals surface area contributed by atoms with Gasteiger partial charge in [0.15, 0.2) is 0 Å². The minimum Gasteiger partial charge on any atom is -0.372 e. The number of nitrogens with one attached hydrogen (secondary N) is 2. The quantitative estimate of drug-likeness (QED) is 0.203. The van der Waals surface area contributed by atoms with E-state index in [1.807, 2.05) is 30.5 Å². The summed E-state index contributed by atoms with van der Waals surface area (Å²) in [6.45, 7) is 19.1. The van der Waals surface area contributed by atoms with Gasteiger partial charge in [-0.2, -0.15) is 0 Å². The van der Waals surface area contributed by atoms with Crippen LogP contribution >= 0.6 is 11.6 Å². The van der Waals surface area contributed by atoms with Gasteiger partial charge in [0.25, 0.3) is 11.8 Å². The standard InChI is InChI=1S/C47H55ClN10O5/c1-49-40-6-3-35(27-39(40)48)56-20-14-33(15-21-56)44(60)51-42-8-4-36(28-50-42)57-18-12-32(13-19-57)30-54-24-22-53(23-25-54)29-31-10-16-55(17-11-31)34-2-5-37-38(26-34)47(63)58(46(37)62)41-7-9-43(59)52-45(41)61/h2-6,8,26-28,31-33,41H,7,9-25,29-30H2,(H,50,51,60)(H,52,59,61). The number of pyridine rings is 1. The summed E-state index contributed by atoms with van der Waals surface area (Å²) in [6, 6.07) is 14.0. The zero-order chi connectivity index (χ0) is 43.6. The van der Waals surface area contributed by atoms with E-state index in [0.29, 0.717) is 39.5 Å². The first-order valence-corrected chi connectivity index (χ1v) is 23.0. The molecule has 2 aromatic carbocycles. The van der Waals surface area contributed by atoms with Crippen LogP contribution in [0.5, 0.6) is 0 Å². The number of piperazine rings is 1. The number of benzene rings is 2. The molecule has 0 saturated carbocycles. The van der Waals surface area contributed by atoms with Gasteiger partial charge in [0.1, 0.15) is 11.9 Å². The summed E-state index contributed by atoms with van der Waals surface area (Å²) in [6.07, 6.45) is 8.06. The number of hydrogen-bond acceptors (Lipinski definition) is 11. The summed E-state index contributed by atoms with van der Waals surface area (Å²) >= 11 is 6.25. The fourth-order valence-corrected chi connectivity index (χ4v) is 10.6. The Morgan fingerprint density at radius 2 is 1.25 bits per heavy atom. The van der Waals surface area contributed by atoms with E-state index in [0.717, 1.165) is 139 Å². The van der Waals surface area contributed by atoms with Crippen LogP contribution < -0.4 is 25.3 Å². The number of aromatic nitrogens is 1. The summed E-state index contributed by atoms with van der Waals surface area (Å²) in [7, 11) is 0. The molecule has 0 aliphatic carbocycles. The van der Waals surface area contributed by atoms with Crippen LogP contribution in [0.2, 0.25) is 5.02 Å². The number of anilines is 4. The summed E-state index contributed by atoms with van der Waals surface area (Å²) in [5, 5.41) is 5.75. The highest BCUT2D eigenvalue weighted by Gasteiger charge is 2.45. The van der Waals surface area contributed by atoms with Crippen LogP contribution in [0.4, 0.5) is 28.6 Å². The molecule has 0 bridgehead atoms. The number of piperidine rings is 4. The number of carbonyl (C=O) groups is 5. The third kappa shape index (κ3) is 9.39. The van der Waals surface area contributed by atoms with E-state index >= 15 is 0 Å². The van der Waals surface area contributed by atoms with Crippen LogP contribution in [0.15, 0.2) is 54.7 Å². The second-order valence-corrected chi connectivity index (χ2v) is 18.4. The number of halogens is 1. The second-order valence-electron chi connectivity index (χ2n) is 18.0. The first-order chi connectivity index (χ1) is 30.6. The van der Waals surface area contributed by atoms with E-state index < -0.39 is 23.8 Å². The Kier molecular flexibility index (Phi) is 12.6. The normalized spacial score (nSPS) is 22.3. The lowest BCUT2D eigenvalue weighted by molar-refractivity contribution is -0.136. The topological polar surface area (TPSA) is 146 Å². The van der Waals surface area contributed by atoms with E-state index in [2.05, 4.69) is 51.0 Å². The zero-order valence-corrected chi connectivity index (χ0v) is 36.4. The summed E-state index contributed by atoms with van der Waals surface area (Å²) < 4.78 is 0. The molecule has 7 heterocycles. The van der Waals surface area contributed by atoms with Gasteiger partial charge >= 0.3 is 0 Å². The highest BCUT2D eigenvalue weighted by atomic mass is 35.5. The first-order valence-electron chi connectivity index (χ1n) is 22.6. The van der Waals surface area contributed by atoms with Gasteiger partial charge < -0.3 is 29.8 Å².